The predicted octanol–water partition coefficient (Wildman–Crippen LogP) is 3.20. The molecule has 1 unspecified atom stereocenters. The molecule has 0 saturated carbocycles. The summed E-state index contributed by atoms with van der Waals surface area (Å²) in [5, 5.41) is 7.75. The highest BCUT2D eigenvalue weighted by Gasteiger charge is 2.19. The van der Waals surface area contributed by atoms with Crippen LogP contribution in [0.25, 0.3) is 0 Å². The number of hydrogen-bond donors (Lipinski definition) is 1. The number of nitrogens with one attached hydrogen (secondary N) is 1. The van der Waals surface area contributed by atoms with Gasteiger partial charge in [0, 0.05) is 18.3 Å². The quantitative estimate of drug-likeness (QED) is 0.940. The SMILES string of the molecule is CC(C)C(NC(=O)c1cnn(C)c1)c1ccc(Cl)cc1. The average Bonchev–Trinajstić information content (AvgIpc) is 2.83. The Morgan fingerprint density at radius 2 is 1.95 bits per heavy atom. The normalized spacial score (nSPS) is 12.4. The van der Waals surface area contributed by atoms with Crippen LogP contribution in [0.3, 0.4) is 0 Å². The van der Waals surface area contributed by atoms with Crippen LogP contribution in [0.4, 0.5) is 0 Å². The molecular weight excluding hydrogens is 274 g/mol. The molecule has 0 aliphatic heterocycles. The van der Waals surface area contributed by atoms with Crippen LogP contribution in [-0.2, 0) is 7.05 Å². The zero-order valence-corrected chi connectivity index (χ0v) is 12.6. The monoisotopic (exact) mass is 291 g/mol. The van der Waals surface area contributed by atoms with E-state index in [2.05, 4.69) is 24.3 Å². The van der Waals surface area contributed by atoms with Crippen molar-refractivity contribution in [1.82, 2.24) is 15.1 Å². The zero-order chi connectivity index (χ0) is 14.7. The molecule has 5 heteroatoms. The van der Waals surface area contributed by atoms with Gasteiger partial charge in [-0.1, -0.05) is 37.6 Å². The maximum atomic E-state index is 12.2. The number of halogens is 1. The largest absolute Gasteiger partial charge is 0.345 e. The van der Waals surface area contributed by atoms with Gasteiger partial charge in [0.1, 0.15) is 0 Å². The Morgan fingerprint density at radius 3 is 2.45 bits per heavy atom. The van der Waals surface area contributed by atoms with Crippen LogP contribution in [-0.4, -0.2) is 15.7 Å². The minimum Gasteiger partial charge on any atom is -0.345 e. The van der Waals surface area contributed by atoms with E-state index in [0.717, 1.165) is 5.56 Å². The lowest BCUT2D eigenvalue weighted by molar-refractivity contribution is 0.0925. The molecule has 1 atom stereocenters. The van der Waals surface area contributed by atoms with E-state index in [1.165, 1.54) is 0 Å². The Bertz CT molecular complexity index is 589. The fraction of sp³-hybridized carbons (Fsp3) is 0.333. The summed E-state index contributed by atoms with van der Waals surface area (Å²) < 4.78 is 1.61. The molecule has 1 aromatic carbocycles. The number of aromatic nitrogens is 2. The maximum absolute atomic E-state index is 12.2. The van der Waals surface area contributed by atoms with Gasteiger partial charge in [-0.05, 0) is 23.6 Å². The molecule has 0 spiro atoms. The molecule has 20 heavy (non-hydrogen) atoms. The molecule has 0 saturated heterocycles. The molecule has 1 amide bonds. The molecule has 1 heterocycles. The number of aryl methyl sites for hydroxylation is 1. The predicted molar refractivity (Wildman–Crippen MR) is 79.7 cm³/mol. The first-order valence-electron chi connectivity index (χ1n) is 6.52. The van der Waals surface area contributed by atoms with Gasteiger partial charge in [-0.3, -0.25) is 9.48 Å². The van der Waals surface area contributed by atoms with Crippen molar-refractivity contribution in [2.75, 3.05) is 0 Å². The minimum absolute atomic E-state index is 0.0556. The van der Waals surface area contributed by atoms with Gasteiger partial charge in [-0.25, -0.2) is 0 Å². The summed E-state index contributed by atoms with van der Waals surface area (Å²) >= 11 is 5.90. The minimum atomic E-state index is -0.119. The number of carbonyl (C=O) groups excluding carboxylic acids is 1. The molecule has 4 nitrogen and oxygen atoms in total. The van der Waals surface area contributed by atoms with Crippen molar-refractivity contribution >= 4 is 17.5 Å². The number of rotatable bonds is 4. The number of hydrogen-bond acceptors (Lipinski definition) is 2. The van der Waals surface area contributed by atoms with Gasteiger partial charge in [0.2, 0.25) is 0 Å². The third kappa shape index (κ3) is 3.39. The van der Waals surface area contributed by atoms with Gasteiger partial charge in [0.25, 0.3) is 5.91 Å². The van der Waals surface area contributed by atoms with Crippen molar-refractivity contribution in [2.45, 2.75) is 19.9 Å². The fourth-order valence-electron chi connectivity index (χ4n) is 2.07. The van der Waals surface area contributed by atoms with E-state index in [9.17, 15) is 4.79 Å². The van der Waals surface area contributed by atoms with Crippen LogP contribution < -0.4 is 5.32 Å². The molecule has 0 bridgehead atoms. The second-order valence-electron chi connectivity index (χ2n) is 5.15. The number of nitrogens with zero attached hydrogens (tertiary/aromatic N) is 2. The van der Waals surface area contributed by atoms with Crippen molar-refractivity contribution in [3.8, 4) is 0 Å². The summed E-state index contributed by atoms with van der Waals surface area (Å²) in [4.78, 5) is 12.2. The van der Waals surface area contributed by atoms with Gasteiger partial charge in [-0.2, -0.15) is 5.10 Å². The van der Waals surface area contributed by atoms with E-state index >= 15 is 0 Å². The van der Waals surface area contributed by atoms with Crippen LogP contribution >= 0.6 is 11.6 Å². The highest BCUT2D eigenvalue weighted by Crippen LogP contribution is 2.23. The van der Waals surface area contributed by atoms with Gasteiger partial charge in [-0.15, -0.1) is 0 Å². The Labute approximate surface area is 123 Å². The Kier molecular flexibility index (Phi) is 4.45. The van der Waals surface area contributed by atoms with Crippen LogP contribution in [0.15, 0.2) is 36.7 Å². The lowest BCUT2D eigenvalue weighted by Crippen LogP contribution is -2.31. The second-order valence-corrected chi connectivity index (χ2v) is 5.59. The standard InChI is InChI=1S/C15H18ClN3O/c1-10(2)14(11-4-6-13(16)7-5-11)18-15(20)12-8-17-19(3)9-12/h4-10,14H,1-3H3,(H,18,20). The third-order valence-electron chi connectivity index (χ3n) is 3.15. The molecular formula is C15H18ClN3O. The summed E-state index contributed by atoms with van der Waals surface area (Å²) in [6.07, 6.45) is 3.27. The first-order chi connectivity index (χ1) is 9.47. The Hall–Kier alpha value is -1.81. The average molecular weight is 292 g/mol. The smallest absolute Gasteiger partial charge is 0.254 e. The molecule has 0 aliphatic rings. The molecule has 2 rings (SSSR count). The van der Waals surface area contributed by atoms with Crippen LogP contribution in [0.2, 0.25) is 5.02 Å². The van der Waals surface area contributed by atoms with Gasteiger partial charge in [0.15, 0.2) is 0 Å². The zero-order valence-electron chi connectivity index (χ0n) is 11.8. The van der Waals surface area contributed by atoms with Crippen LogP contribution in [0, 0.1) is 5.92 Å². The highest BCUT2D eigenvalue weighted by atomic mass is 35.5. The Morgan fingerprint density at radius 1 is 1.30 bits per heavy atom. The van der Waals surface area contributed by atoms with E-state index < -0.39 is 0 Å². The molecule has 1 N–H and O–H groups in total. The highest BCUT2D eigenvalue weighted by molar-refractivity contribution is 6.30. The molecule has 0 radical (unpaired) electrons. The lowest BCUT2D eigenvalue weighted by Gasteiger charge is -2.22. The van der Waals surface area contributed by atoms with E-state index in [-0.39, 0.29) is 17.9 Å². The Balaban J connectivity index is 2.17. The third-order valence-corrected chi connectivity index (χ3v) is 3.40. The van der Waals surface area contributed by atoms with Crippen molar-refractivity contribution in [3.05, 3.63) is 52.8 Å². The lowest BCUT2D eigenvalue weighted by atomic mass is 9.96. The molecule has 1 aromatic heterocycles. The van der Waals surface area contributed by atoms with Gasteiger partial charge >= 0.3 is 0 Å². The summed E-state index contributed by atoms with van der Waals surface area (Å²) in [5.41, 5.74) is 1.61. The molecule has 0 fully saturated rings. The van der Waals surface area contributed by atoms with Gasteiger partial charge < -0.3 is 5.32 Å². The van der Waals surface area contributed by atoms with E-state index in [1.807, 2.05) is 24.3 Å². The fourth-order valence-corrected chi connectivity index (χ4v) is 2.19. The topological polar surface area (TPSA) is 46.9 Å². The van der Waals surface area contributed by atoms with E-state index in [1.54, 1.807) is 24.1 Å². The van der Waals surface area contributed by atoms with Crippen LogP contribution in [0.1, 0.15) is 35.8 Å². The van der Waals surface area contributed by atoms with E-state index in [4.69, 9.17) is 11.6 Å². The number of benzene rings is 1. The van der Waals surface area contributed by atoms with Crippen molar-refractivity contribution < 1.29 is 4.79 Å². The van der Waals surface area contributed by atoms with Crippen molar-refractivity contribution in [1.29, 1.82) is 0 Å². The molecule has 2 aromatic rings. The first-order valence-corrected chi connectivity index (χ1v) is 6.90. The summed E-state index contributed by atoms with van der Waals surface area (Å²) in [6.45, 7) is 4.14. The summed E-state index contributed by atoms with van der Waals surface area (Å²) in [7, 11) is 1.79. The van der Waals surface area contributed by atoms with Crippen LogP contribution in [0.5, 0.6) is 0 Å². The first kappa shape index (κ1) is 14.6. The maximum Gasteiger partial charge on any atom is 0.254 e. The molecule has 0 aliphatic carbocycles. The second kappa shape index (κ2) is 6.09. The van der Waals surface area contributed by atoms with E-state index in [0.29, 0.717) is 10.6 Å². The summed E-state index contributed by atoms with van der Waals surface area (Å²) in [5.74, 6) is 0.156. The van der Waals surface area contributed by atoms with Gasteiger partial charge in [0.05, 0.1) is 17.8 Å². The van der Waals surface area contributed by atoms with Crippen molar-refractivity contribution in [3.63, 3.8) is 0 Å². The summed E-state index contributed by atoms with van der Waals surface area (Å²) in [6, 6.07) is 7.50. The van der Waals surface area contributed by atoms with Crippen molar-refractivity contribution in [2.24, 2.45) is 13.0 Å². The number of amides is 1. The molecule has 106 valence electrons. The number of carbonyl (C=O) groups is 1.